The number of fused-ring (bicyclic) bond motifs is 3. The van der Waals surface area contributed by atoms with Crippen molar-refractivity contribution in [3.63, 3.8) is 0 Å². The summed E-state index contributed by atoms with van der Waals surface area (Å²) in [6, 6.07) is 6.24. The van der Waals surface area contributed by atoms with Crippen LogP contribution in [-0.4, -0.2) is 48.2 Å². The first-order valence-electron chi connectivity index (χ1n) is 10.8. The van der Waals surface area contributed by atoms with Crippen molar-refractivity contribution >= 4 is 10.9 Å². The van der Waals surface area contributed by atoms with Crippen molar-refractivity contribution < 1.29 is 14.2 Å². The molecule has 2 saturated heterocycles. The van der Waals surface area contributed by atoms with Gasteiger partial charge in [0.2, 0.25) is 5.88 Å². The lowest BCUT2D eigenvalue weighted by molar-refractivity contribution is -0.0626. The normalized spacial score (nSPS) is 29.8. The first-order chi connectivity index (χ1) is 15.2. The molecular formula is C23H26FN5O3. The number of phenols is 1. The number of rotatable bonds is 3. The molecule has 5 rings (SSSR count). The van der Waals surface area contributed by atoms with E-state index in [4.69, 9.17) is 4.74 Å². The molecule has 0 unspecified atom stereocenters. The van der Waals surface area contributed by atoms with Crippen molar-refractivity contribution in [2.45, 2.75) is 62.9 Å². The summed E-state index contributed by atoms with van der Waals surface area (Å²) < 4.78 is 22.6. The molecule has 168 valence electrons. The maximum atomic E-state index is 15.3. The molecule has 32 heavy (non-hydrogen) atoms. The summed E-state index contributed by atoms with van der Waals surface area (Å²) in [5.74, 6) is 0.170. The van der Waals surface area contributed by atoms with Crippen LogP contribution in [0.2, 0.25) is 0 Å². The van der Waals surface area contributed by atoms with E-state index in [1.165, 1.54) is 17.0 Å². The van der Waals surface area contributed by atoms with Crippen LogP contribution in [0.4, 0.5) is 4.39 Å². The van der Waals surface area contributed by atoms with E-state index >= 15 is 4.39 Å². The number of aryl methyl sites for hydroxylation is 1. The summed E-state index contributed by atoms with van der Waals surface area (Å²) in [5.41, 5.74) is 0.138. The van der Waals surface area contributed by atoms with Gasteiger partial charge in [0, 0.05) is 36.7 Å². The third kappa shape index (κ3) is 3.40. The molecule has 4 atom stereocenters. The number of phenolic OH excluding ortho intramolecular Hbond substituents is 1. The summed E-state index contributed by atoms with van der Waals surface area (Å²) >= 11 is 0. The minimum absolute atomic E-state index is 0.0583. The van der Waals surface area contributed by atoms with Gasteiger partial charge in [-0.3, -0.25) is 4.79 Å². The predicted octanol–water partition coefficient (Wildman–Crippen LogP) is 2.88. The fraction of sp³-hybridized carbons (Fsp3) is 0.478. The number of ether oxygens (including phenoxy) is 1. The van der Waals surface area contributed by atoms with Crippen LogP contribution in [0.1, 0.15) is 39.5 Å². The molecule has 2 aliphatic heterocycles. The minimum atomic E-state index is -1.16. The molecule has 0 aliphatic carbocycles. The number of piperidine rings is 2. The zero-order valence-corrected chi connectivity index (χ0v) is 18.3. The number of benzene rings is 1. The first kappa shape index (κ1) is 20.8. The number of aromatic hydroxyl groups is 1. The highest BCUT2D eigenvalue weighted by Crippen LogP contribution is 2.42. The van der Waals surface area contributed by atoms with E-state index in [2.05, 4.69) is 27.4 Å². The van der Waals surface area contributed by atoms with Crippen LogP contribution >= 0.6 is 0 Å². The summed E-state index contributed by atoms with van der Waals surface area (Å²) in [7, 11) is 1.61. The lowest BCUT2D eigenvalue weighted by atomic mass is 9.69. The van der Waals surface area contributed by atoms with E-state index < -0.39 is 17.8 Å². The summed E-state index contributed by atoms with van der Waals surface area (Å²) in [4.78, 5) is 16.6. The van der Waals surface area contributed by atoms with Crippen LogP contribution < -0.4 is 15.6 Å². The van der Waals surface area contributed by atoms with Gasteiger partial charge < -0.3 is 19.7 Å². The Morgan fingerprint density at radius 2 is 2.06 bits per heavy atom. The Kier molecular flexibility index (Phi) is 4.70. The van der Waals surface area contributed by atoms with Gasteiger partial charge in [0.05, 0.1) is 28.5 Å². The van der Waals surface area contributed by atoms with Crippen molar-refractivity contribution in [1.82, 2.24) is 25.1 Å². The van der Waals surface area contributed by atoms with E-state index in [1.807, 2.05) is 6.92 Å². The molecule has 4 heterocycles. The second-order valence-corrected chi connectivity index (χ2v) is 9.52. The Labute approximate surface area is 184 Å². The first-order valence-corrected chi connectivity index (χ1v) is 10.8. The molecule has 2 aliphatic rings. The molecule has 8 nitrogen and oxygen atoms in total. The van der Waals surface area contributed by atoms with Gasteiger partial charge in [0.25, 0.3) is 5.56 Å². The van der Waals surface area contributed by atoms with E-state index in [0.717, 1.165) is 19.3 Å². The standard InChI is InChI=1S/C23H26FN5O3/c1-22-7-4-8-23(2,28-22)20(24)18(11-22)32-19-6-5-15(26-27-19)13-9-14-16(10-17(13)30)25-12-29(3)21(14)31/h5-6,9-10,12,18,20,28,30H,4,7-8,11H2,1-3H3/t18-,20-,22-,23+/m0/s1. The summed E-state index contributed by atoms with van der Waals surface area (Å²) in [6.45, 7) is 4.03. The highest BCUT2D eigenvalue weighted by Gasteiger charge is 2.53. The molecule has 2 fully saturated rings. The van der Waals surface area contributed by atoms with Gasteiger partial charge in [-0.1, -0.05) is 0 Å². The Bertz CT molecular complexity index is 1250. The molecule has 0 spiro atoms. The predicted molar refractivity (Wildman–Crippen MR) is 117 cm³/mol. The molecule has 2 N–H and O–H groups in total. The number of alkyl halides is 1. The van der Waals surface area contributed by atoms with E-state index in [1.54, 1.807) is 25.2 Å². The van der Waals surface area contributed by atoms with Gasteiger partial charge in [-0.25, -0.2) is 9.37 Å². The Morgan fingerprint density at radius 3 is 2.81 bits per heavy atom. The molecule has 9 heteroatoms. The van der Waals surface area contributed by atoms with E-state index in [9.17, 15) is 9.90 Å². The van der Waals surface area contributed by atoms with Crippen LogP contribution in [0.25, 0.3) is 22.2 Å². The number of hydrogen-bond acceptors (Lipinski definition) is 7. The number of halogens is 1. The fourth-order valence-corrected chi connectivity index (χ4v) is 5.21. The third-order valence-corrected chi connectivity index (χ3v) is 6.82. The molecule has 2 bridgehead atoms. The van der Waals surface area contributed by atoms with Crippen LogP contribution in [-0.2, 0) is 7.05 Å². The molecule has 1 aromatic carbocycles. The smallest absolute Gasteiger partial charge is 0.260 e. The van der Waals surface area contributed by atoms with Gasteiger partial charge in [0.15, 0.2) is 6.17 Å². The SMILES string of the molecule is Cn1cnc2cc(O)c(-c3ccc(O[C@H]4C[C@]5(C)CCC[C@@](C)(N5)[C@H]4F)nn3)cc2c1=O. The average molecular weight is 439 g/mol. The maximum Gasteiger partial charge on any atom is 0.260 e. The third-order valence-electron chi connectivity index (χ3n) is 6.82. The van der Waals surface area contributed by atoms with Crippen molar-refractivity contribution in [3.05, 3.63) is 40.9 Å². The molecular weight excluding hydrogens is 413 g/mol. The van der Waals surface area contributed by atoms with E-state index in [0.29, 0.717) is 28.6 Å². The summed E-state index contributed by atoms with van der Waals surface area (Å²) in [6.07, 6.45) is 2.92. The zero-order chi connectivity index (χ0) is 22.7. The lowest BCUT2D eigenvalue weighted by Gasteiger charge is -2.54. The van der Waals surface area contributed by atoms with Crippen molar-refractivity contribution in [3.8, 4) is 22.9 Å². The Balaban J connectivity index is 1.42. The Hall–Kier alpha value is -3.07. The molecule has 2 aromatic heterocycles. The quantitative estimate of drug-likeness (QED) is 0.647. The van der Waals surface area contributed by atoms with E-state index in [-0.39, 0.29) is 22.7 Å². The minimum Gasteiger partial charge on any atom is -0.507 e. The highest BCUT2D eigenvalue weighted by atomic mass is 19.1. The Morgan fingerprint density at radius 1 is 1.25 bits per heavy atom. The molecule has 0 radical (unpaired) electrons. The number of hydrogen-bond donors (Lipinski definition) is 2. The van der Waals surface area contributed by atoms with Gasteiger partial charge in [-0.15, -0.1) is 10.2 Å². The zero-order valence-electron chi connectivity index (χ0n) is 18.3. The van der Waals surface area contributed by atoms with Crippen LogP contribution in [0.5, 0.6) is 11.6 Å². The van der Waals surface area contributed by atoms with Crippen molar-refractivity contribution in [2.75, 3.05) is 0 Å². The number of aromatic nitrogens is 4. The van der Waals surface area contributed by atoms with Gasteiger partial charge in [0.1, 0.15) is 11.9 Å². The van der Waals surface area contributed by atoms with Crippen molar-refractivity contribution in [1.29, 1.82) is 0 Å². The molecule has 0 amide bonds. The second-order valence-electron chi connectivity index (χ2n) is 9.52. The monoisotopic (exact) mass is 439 g/mol. The fourth-order valence-electron chi connectivity index (χ4n) is 5.21. The number of nitrogens with one attached hydrogen (secondary N) is 1. The maximum absolute atomic E-state index is 15.3. The van der Waals surface area contributed by atoms with Gasteiger partial charge in [-0.05, 0) is 45.2 Å². The highest BCUT2D eigenvalue weighted by molar-refractivity contribution is 5.86. The number of nitrogens with zero attached hydrogens (tertiary/aromatic N) is 4. The van der Waals surface area contributed by atoms with Crippen molar-refractivity contribution in [2.24, 2.45) is 7.05 Å². The summed E-state index contributed by atoms with van der Waals surface area (Å²) in [5, 5.41) is 22.6. The van der Waals surface area contributed by atoms with Crippen LogP contribution in [0.15, 0.2) is 35.4 Å². The molecule has 0 saturated carbocycles. The largest absolute Gasteiger partial charge is 0.507 e. The lowest BCUT2D eigenvalue weighted by Crippen LogP contribution is -2.71. The average Bonchev–Trinajstić information content (AvgIpc) is 2.75. The van der Waals surface area contributed by atoms with Crippen LogP contribution in [0.3, 0.4) is 0 Å². The van der Waals surface area contributed by atoms with Gasteiger partial charge >= 0.3 is 0 Å². The topological polar surface area (TPSA) is 102 Å². The molecule has 3 aromatic rings. The second kappa shape index (κ2) is 7.23. The van der Waals surface area contributed by atoms with Crippen LogP contribution in [0, 0.1) is 0 Å². The van der Waals surface area contributed by atoms with Gasteiger partial charge in [-0.2, -0.15) is 0 Å².